The molecule has 5 nitrogen and oxygen atoms in total. The molecule has 0 amide bonds. The van der Waals surface area contributed by atoms with Crippen molar-refractivity contribution in [2.45, 2.75) is 45.3 Å². The van der Waals surface area contributed by atoms with Crippen LogP contribution in [0.4, 0.5) is 11.6 Å². The number of hydrazine groups is 1. The van der Waals surface area contributed by atoms with Crippen LogP contribution in [-0.2, 0) is 6.42 Å². The summed E-state index contributed by atoms with van der Waals surface area (Å²) in [6.07, 6.45) is 3.99. The second-order valence-corrected chi connectivity index (χ2v) is 6.69. The predicted molar refractivity (Wildman–Crippen MR) is 84.7 cm³/mol. The summed E-state index contributed by atoms with van der Waals surface area (Å²) in [5.74, 6) is 7.91. The fourth-order valence-electron chi connectivity index (χ4n) is 1.58. The van der Waals surface area contributed by atoms with E-state index in [9.17, 15) is 0 Å². The third-order valence-corrected chi connectivity index (χ3v) is 4.29. The molecule has 0 aliphatic rings. The van der Waals surface area contributed by atoms with E-state index in [-0.39, 0.29) is 4.75 Å². The quantitative estimate of drug-likeness (QED) is 0.527. The molecule has 1 heterocycles. The normalized spacial score (nSPS) is 11.5. The summed E-state index contributed by atoms with van der Waals surface area (Å²) in [5, 5.41) is 3.41. The first-order valence-electron chi connectivity index (χ1n) is 6.56. The molecule has 0 fully saturated rings. The van der Waals surface area contributed by atoms with E-state index in [0.29, 0.717) is 5.82 Å². The van der Waals surface area contributed by atoms with Crippen molar-refractivity contribution in [3.63, 3.8) is 0 Å². The fraction of sp³-hybridized carbons (Fsp3) is 0.692. The van der Waals surface area contributed by atoms with Crippen LogP contribution in [-0.4, -0.2) is 27.5 Å². The molecule has 6 heteroatoms. The Balaban J connectivity index is 2.95. The number of nitrogens with zero attached hydrogens (tertiary/aromatic N) is 2. The van der Waals surface area contributed by atoms with Gasteiger partial charge >= 0.3 is 0 Å². The number of nitrogens with one attached hydrogen (secondary N) is 2. The van der Waals surface area contributed by atoms with Crippen LogP contribution in [0.5, 0.6) is 0 Å². The van der Waals surface area contributed by atoms with E-state index in [4.69, 9.17) is 5.84 Å². The highest BCUT2D eigenvalue weighted by Gasteiger charge is 2.17. The van der Waals surface area contributed by atoms with Crippen molar-refractivity contribution in [3.8, 4) is 0 Å². The molecule has 0 atom stereocenters. The highest BCUT2D eigenvalue weighted by atomic mass is 32.2. The lowest BCUT2D eigenvalue weighted by atomic mass is 10.2. The molecule has 0 unspecified atom stereocenters. The summed E-state index contributed by atoms with van der Waals surface area (Å²) in [4.78, 5) is 8.99. The van der Waals surface area contributed by atoms with Gasteiger partial charge in [0, 0.05) is 23.3 Å². The summed E-state index contributed by atoms with van der Waals surface area (Å²) < 4.78 is 0.165. The molecule has 0 radical (unpaired) electrons. The SMILES string of the molecule is CCCc1nc(NN)c(C)c(NCC(C)(C)SC)n1. The lowest BCUT2D eigenvalue weighted by Crippen LogP contribution is -2.27. The molecule has 0 spiro atoms. The lowest BCUT2D eigenvalue weighted by molar-refractivity contribution is 0.745. The number of aryl methyl sites for hydroxylation is 1. The molecular weight excluding hydrogens is 258 g/mol. The van der Waals surface area contributed by atoms with Gasteiger partial charge in [-0.2, -0.15) is 11.8 Å². The topological polar surface area (TPSA) is 75.9 Å². The smallest absolute Gasteiger partial charge is 0.148 e. The molecule has 0 bridgehead atoms. The first-order chi connectivity index (χ1) is 8.93. The fourth-order valence-corrected chi connectivity index (χ4v) is 1.80. The molecule has 0 saturated carbocycles. The van der Waals surface area contributed by atoms with Crippen LogP contribution < -0.4 is 16.6 Å². The van der Waals surface area contributed by atoms with Gasteiger partial charge in [0.1, 0.15) is 17.5 Å². The Morgan fingerprint density at radius 2 is 1.89 bits per heavy atom. The number of nitrogen functional groups attached to an aromatic ring is 1. The van der Waals surface area contributed by atoms with E-state index < -0.39 is 0 Å². The third kappa shape index (κ3) is 4.54. The van der Waals surface area contributed by atoms with E-state index in [1.54, 1.807) is 0 Å². The number of hydrogen-bond acceptors (Lipinski definition) is 6. The average molecular weight is 283 g/mol. The third-order valence-electron chi connectivity index (χ3n) is 3.04. The minimum atomic E-state index is 0.165. The van der Waals surface area contributed by atoms with Gasteiger partial charge in [0.05, 0.1) is 0 Å². The second kappa shape index (κ2) is 6.96. The molecule has 108 valence electrons. The van der Waals surface area contributed by atoms with Gasteiger partial charge in [-0.1, -0.05) is 6.92 Å². The first kappa shape index (κ1) is 16.0. The molecule has 0 aliphatic carbocycles. The van der Waals surface area contributed by atoms with Gasteiger partial charge in [-0.25, -0.2) is 15.8 Å². The van der Waals surface area contributed by atoms with Crippen molar-refractivity contribution in [2.75, 3.05) is 23.5 Å². The Morgan fingerprint density at radius 3 is 2.42 bits per heavy atom. The predicted octanol–water partition coefficient (Wildman–Crippen LogP) is 2.58. The average Bonchev–Trinajstić information content (AvgIpc) is 2.39. The maximum absolute atomic E-state index is 5.52. The summed E-state index contributed by atoms with van der Waals surface area (Å²) in [5.41, 5.74) is 3.61. The minimum Gasteiger partial charge on any atom is -0.368 e. The zero-order valence-corrected chi connectivity index (χ0v) is 13.3. The van der Waals surface area contributed by atoms with E-state index in [1.165, 1.54) is 0 Å². The number of hydrogen-bond donors (Lipinski definition) is 3. The summed E-state index contributed by atoms with van der Waals surface area (Å²) in [6.45, 7) is 9.34. The van der Waals surface area contributed by atoms with Gasteiger partial charge < -0.3 is 10.7 Å². The largest absolute Gasteiger partial charge is 0.368 e. The van der Waals surface area contributed by atoms with Gasteiger partial charge in [0.15, 0.2) is 0 Å². The van der Waals surface area contributed by atoms with Crippen LogP contribution in [0.3, 0.4) is 0 Å². The van der Waals surface area contributed by atoms with Gasteiger partial charge in [-0.15, -0.1) is 0 Å². The maximum Gasteiger partial charge on any atom is 0.148 e. The van der Waals surface area contributed by atoms with E-state index in [2.05, 4.69) is 47.7 Å². The van der Waals surface area contributed by atoms with E-state index in [1.807, 2.05) is 18.7 Å². The molecule has 0 saturated heterocycles. The van der Waals surface area contributed by atoms with Gasteiger partial charge in [0.25, 0.3) is 0 Å². The van der Waals surface area contributed by atoms with Crippen molar-refractivity contribution >= 4 is 23.4 Å². The Labute approximate surface area is 120 Å². The van der Waals surface area contributed by atoms with Crippen LogP contribution in [0, 0.1) is 6.92 Å². The number of aromatic nitrogens is 2. The maximum atomic E-state index is 5.52. The first-order valence-corrected chi connectivity index (χ1v) is 7.79. The van der Waals surface area contributed by atoms with Gasteiger partial charge in [0.2, 0.25) is 0 Å². The zero-order chi connectivity index (χ0) is 14.5. The highest BCUT2D eigenvalue weighted by molar-refractivity contribution is 7.99. The van der Waals surface area contributed by atoms with Gasteiger partial charge in [-0.05, 0) is 33.4 Å². The molecule has 19 heavy (non-hydrogen) atoms. The van der Waals surface area contributed by atoms with Crippen molar-refractivity contribution in [1.82, 2.24) is 9.97 Å². The summed E-state index contributed by atoms with van der Waals surface area (Å²) in [6, 6.07) is 0. The van der Waals surface area contributed by atoms with Crippen LogP contribution in [0.15, 0.2) is 0 Å². The van der Waals surface area contributed by atoms with E-state index >= 15 is 0 Å². The Morgan fingerprint density at radius 1 is 1.26 bits per heavy atom. The lowest BCUT2D eigenvalue weighted by Gasteiger charge is -2.23. The Kier molecular flexibility index (Phi) is 5.87. The standard InChI is InChI=1S/C13H25N5S/c1-6-7-10-16-11(9(2)12(17-10)18-14)15-8-13(3,4)19-5/h6-8,14H2,1-5H3,(H2,15,16,17,18). The molecule has 1 rings (SSSR count). The summed E-state index contributed by atoms with van der Waals surface area (Å²) >= 11 is 1.83. The van der Waals surface area contributed by atoms with Crippen molar-refractivity contribution in [3.05, 3.63) is 11.4 Å². The highest BCUT2D eigenvalue weighted by Crippen LogP contribution is 2.24. The van der Waals surface area contributed by atoms with Gasteiger partial charge in [-0.3, -0.25) is 0 Å². The van der Waals surface area contributed by atoms with Crippen LogP contribution in [0.2, 0.25) is 0 Å². The number of rotatable bonds is 7. The second-order valence-electron chi connectivity index (χ2n) is 5.17. The van der Waals surface area contributed by atoms with Crippen LogP contribution >= 0.6 is 11.8 Å². The number of anilines is 2. The van der Waals surface area contributed by atoms with Crippen LogP contribution in [0.1, 0.15) is 38.6 Å². The Hall–Kier alpha value is -1.01. The minimum absolute atomic E-state index is 0.165. The van der Waals surface area contributed by atoms with Crippen LogP contribution in [0.25, 0.3) is 0 Å². The van der Waals surface area contributed by atoms with Crippen molar-refractivity contribution < 1.29 is 0 Å². The number of nitrogens with two attached hydrogens (primary N) is 1. The monoisotopic (exact) mass is 283 g/mol. The summed E-state index contributed by atoms with van der Waals surface area (Å²) in [7, 11) is 0. The van der Waals surface area contributed by atoms with E-state index in [0.717, 1.165) is 36.6 Å². The molecule has 0 aromatic carbocycles. The van der Waals surface area contributed by atoms with Crippen molar-refractivity contribution in [2.24, 2.45) is 5.84 Å². The Bertz CT molecular complexity index is 420. The number of thioether (sulfide) groups is 1. The molecule has 1 aromatic rings. The molecule has 0 aliphatic heterocycles. The molecule has 1 aromatic heterocycles. The molecular formula is C13H25N5S. The molecule has 4 N–H and O–H groups in total. The van der Waals surface area contributed by atoms with Crippen molar-refractivity contribution in [1.29, 1.82) is 0 Å². The zero-order valence-electron chi connectivity index (χ0n) is 12.5.